The number of benzene rings is 2. The number of hydrogen-bond donors (Lipinski definition) is 1. The monoisotopic (exact) mass is 554 g/mol. The van der Waals surface area contributed by atoms with Crippen LogP contribution in [0.5, 0.6) is 5.75 Å². The number of allylic oxidation sites excluding steroid dienone is 1. The van der Waals surface area contributed by atoms with Gasteiger partial charge >= 0.3 is 5.97 Å². The molecule has 1 unspecified atom stereocenters. The standard InChI is InChI=1S/C29H35ClN4O3S/c1-4-6-10-18-36-23-15-13-21(14-16-23)26-25(27(35)37-17-7-5-2)20(3)31-28-32-29(33-34(26)28)38-19-22-11-8-9-12-24(22)30/h8-9,11-16,26H,4-7,10,17-19H2,1-3H3,(H,31,32,33). The van der Waals surface area contributed by atoms with E-state index in [2.05, 4.69) is 19.2 Å². The highest BCUT2D eigenvalue weighted by Gasteiger charge is 2.35. The van der Waals surface area contributed by atoms with Crippen molar-refractivity contribution in [2.45, 2.75) is 69.8 Å². The van der Waals surface area contributed by atoms with Crippen molar-refractivity contribution in [1.82, 2.24) is 14.8 Å². The summed E-state index contributed by atoms with van der Waals surface area (Å²) in [6, 6.07) is 15.1. The first-order chi connectivity index (χ1) is 18.5. The minimum atomic E-state index is -0.475. The van der Waals surface area contributed by atoms with Crippen LogP contribution in [0.1, 0.15) is 70.0 Å². The normalized spacial score (nSPS) is 14.7. The average molecular weight is 555 g/mol. The topological polar surface area (TPSA) is 78.3 Å². The van der Waals surface area contributed by atoms with Gasteiger partial charge in [-0.2, -0.15) is 4.98 Å². The van der Waals surface area contributed by atoms with Gasteiger partial charge in [-0.15, -0.1) is 5.10 Å². The molecule has 0 amide bonds. The van der Waals surface area contributed by atoms with Gasteiger partial charge in [0, 0.05) is 16.5 Å². The van der Waals surface area contributed by atoms with Crippen molar-refractivity contribution in [3.8, 4) is 5.75 Å². The molecule has 0 spiro atoms. The van der Waals surface area contributed by atoms with Crippen LogP contribution in [-0.4, -0.2) is 33.9 Å². The first kappa shape index (κ1) is 28.0. The van der Waals surface area contributed by atoms with E-state index in [1.54, 1.807) is 4.68 Å². The molecule has 0 bridgehead atoms. The Kier molecular flexibility index (Phi) is 10.1. The van der Waals surface area contributed by atoms with Crippen LogP contribution in [0, 0.1) is 0 Å². The number of carbonyl (C=O) groups excluding carboxylic acids is 1. The number of nitrogens with zero attached hydrogens (tertiary/aromatic N) is 3. The van der Waals surface area contributed by atoms with Gasteiger partial charge in [-0.05, 0) is 49.1 Å². The summed E-state index contributed by atoms with van der Waals surface area (Å²) in [4.78, 5) is 18.0. The Morgan fingerprint density at radius 3 is 2.55 bits per heavy atom. The molecule has 2 aromatic carbocycles. The molecule has 1 aliphatic rings. The third-order valence-corrected chi connectivity index (χ3v) is 7.57. The highest BCUT2D eigenvalue weighted by molar-refractivity contribution is 7.98. The van der Waals surface area contributed by atoms with Crippen LogP contribution in [0.2, 0.25) is 5.02 Å². The van der Waals surface area contributed by atoms with Crippen LogP contribution in [0.4, 0.5) is 5.95 Å². The molecule has 0 fully saturated rings. The largest absolute Gasteiger partial charge is 0.494 e. The zero-order valence-corrected chi connectivity index (χ0v) is 23.8. The van der Waals surface area contributed by atoms with E-state index < -0.39 is 6.04 Å². The third kappa shape index (κ3) is 6.91. The van der Waals surface area contributed by atoms with Crippen LogP contribution in [-0.2, 0) is 15.3 Å². The second-order valence-electron chi connectivity index (χ2n) is 9.22. The molecule has 2 heterocycles. The van der Waals surface area contributed by atoms with Crippen LogP contribution < -0.4 is 10.1 Å². The van der Waals surface area contributed by atoms with Gasteiger partial charge in [-0.3, -0.25) is 0 Å². The highest BCUT2D eigenvalue weighted by atomic mass is 35.5. The minimum absolute atomic E-state index is 0.347. The Balaban J connectivity index is 1.60. The number of ether oxygens (including phenoxy) is 2. The van der Waals surface area contributed by atoms with E-state index in [4.69, 9.17) is 31.2 Å². The summed E-state index contributed by atoms with van der Waals surface area (Å²) in [6.07, 6.45) is 5.09. The number of halogens is 1. The smallest absolute Gasteiger partial charge is 0.338 e. The molecule has 4 rings (SSSR count). The van der Waals surface area contributed by atoms with E-state index >= 15 is 0 Å². The molecule has 9 heteroatoms. The number of fused-ring (bicyclic) bond motifs is 1. The number of rotatable bonds is 13. The van der Waals surface area contributed by atoms with Crippen LogP contribution >= 0.6 is 23.4 Å². The first-order valence-corrected chi connectivity index (χ1v) is 14.6. The van der Waals surface area contributed by atoms with Crippen molar-refractivity contribution < 1.29 is 14.3 Å². The van der Waals surface area contributed by atoms with E-state index in [1.807, 2.05) is 55.5 Å². The van der Waals surface area contributed by atoms with Crippen molar-refractivity contribution >= 4 is 35.3 Å². The fourth-order valence-corrected chi connectivity index (χ4v) is 5.31. The van der Waals surface area contributed by atoms with Gasteiger partial charge in [0.25, 0.3) is 0 Å². The van der Waals surface area contributed by atoms with Crippen molar-refractivity contribution in [2.24, 2.45) is 0 Å². The lowest BCUT2D eigenvalue weighted by Crippen LogP contribution is -2.29. The number of carbonyl (C=O) groups is 1. The molecule has 0 saturated carbocycles. The molecule has 0 aliphatic carbocycles. The van der Waals surface area contributed by atoms with Crippen LogP contribution in [0.25, 0.3) is 0 Å². The van der Waals surface area contributed by atoms with Crippen molar-refractivity contribution in [3.63, 3.8) is 0 Å². The maximum absolute atomic E-state index is 13.3. The molecule has 3 aromatic rings. The lowest BCUT2D eigenvalue weighted by atomic mass is 9.96. The van der Waals surface area contributed by atoms with Gasteiger partial charge in [-0.25, -0.2) is 9.48 Å². The van der Waals surface area contributed by atoms with Gasteiger partial charge in [-0.1, -0.05) is 86.8 Å². The summed E-state index contributed by atoms with van der Waals surface area (Å²) < 4.78 is 13.3. The SMILES string of the molecule is CCCCCOc1ccc(C2C(C(=O)OCCCC)=C(C)Nc3nc(SCc4ccccc4Cl)nn32)cc1. The van der Waals surface area contributed by atoms with Gasteiger partial charge < -0.3 is 14.8 Å². The Hall–Kier alpha value is -2.97. The molecule has 0 saturated heterocycles. The molecule has 202 valence electrons. The van der Waals surface area contributed by atoms with Crippen molar-refractivity contribution in [3.05, 3.63) is 76.0 Å². The summed E-state index contributed by atoms with van der Waals surface area (Å²) in [5.74, 6) is 1.68. The second kappa shape index (κ2) is 13.7. The maximum Gasteiger partial charge on any atom is 0.338 e. The zero-order chi connectivity index (χ0) is 26.9. The van der Waals surface area contributed by atoms with E-state index in [0.717, 1.165) is 49.0 Å². The molecular weight excluding hydrogens is 520 g/mol. The van der Waals surface area contributed by atoms with E-state index in [1.165, 1.54) is 11.8 Å². The number of thioether (sulfide) groups is 1. The number of nitrogens with one attached hydrogen (secondary N) is 1. The van der Waals surface area contributed by atoms with E-state index in [9.17, 15) is 4.79 Å². The zero-order valence-electron chi connectivity index (χ0n) is 22.2. The molecule has 7 nitrogen and oxygen atoms in total. The number of esters is 1. The lowest BCUT2D eigenvalue weighted by Gasteiger charge is -2.28. The summed E-state index contributed by atoms with van der Waals surface area (Å²) in [7, 11) is 0. The number of anilines is 1. The summed E-state index contributed by atoms with van der Waals surface area (Å²) in [5.41, 5.74) is 3.15. The fourth-order valence-electron chi connectivity index (χ4n) is 4.20. The Bertz CT molecular complexity index is 1260. The predicted octanol–water partition coefficient (Wildman–Crippen LogP) is 7.43. The summed E-state index contributed by atoms with van der Waals surface area (Å²) in [6.45, 7) is 7.19. The number of aromatic nitrogens is 3. The quantitative estimate of drug-likeness (QED) is 0.134. The molecule has 1 aromatic heterocycles. The Morgan fingerprint density at radius 2 is 1.82 bits per heavy atom. The molecular formula is C29H35ClN4O3S. The van der Waals surface area contributed by atoms with E-state index in [0.29, 0.717) is 46.4 Å². The number of unbranched alkanes of at least 4 members (excludes halogenated alkanes) is 3. The van der Waals surface area contributed by atoms with E-state index in [-0.39, 0.29) is 5.97 Å². The second-order valence-corrected chi connectivity index (χ2v) is 10.6. The maximum atomic E-state index is 13.3. The average Bonchev–Trinajstić information content (AvgIpc) is 3.32. The molecule has 1 aliphatic heterocycles. The van der Waals surface area contributed by atoms with Gasteiger partial charge in [0.15, 0.2) is 0 Å². The minimum Gasteiger partial charge on any atom is -0.494 e. The first-order valence-electron chi connectivity index (χ1n) is 13.2. The van der Waals surface area contributed by atoms with Gasteiger partial charge in [0.05, 0.1) is 18.8 Å². The highest BCUT2D eigenvalue weighted by Crippen LogP contribution is 2.38. The van der Waals surface area contributed by atoms with Crippen LogP contribution in [0.3, 0.4) is 0 Å². The number of hydrogen-bond acceptors (Lipinski definition) is 7. The van der Waals surface area contributed by atoms with Crippen LogP contribution in [0.15, 0.2) is 65.0 Å². The molecule has 38 heavy (non-hydrogen) atoms. The third-order valence-electron chi connectivity index (χ3n) is 6.31. The fraction of sp³-hybridized carbons (Fsp3) is 0.414. The van der Waals surface area contributed by atoms with Gasteiger partial charge in [0.2, 0.25) is 11.1 Å². The van der Waals surface area contributed by atoms with Crippen molar-refractivity contribution in [2.75, 3.05) is 18.5 Å². The van der Waals surface area contributed by atoms with Crippen molar-refractivity contribution in [1.29, 1.82) is 0 Å². The Morgan fingerprint density at radius 1 is 1.05 bits per heavy atom. The summed E-state index contributed by atoms with van der Waals surface area (Å²) in [5, 5.41) is 9.38. The summed E-state index contributed by atoms with van der Waals surface area (Å²) >= 11 is 7.84. The Labute approximate surface area is 234 Å². The predicted molar refractivity (Wildman–Crippen MR) is 153 cm³/mol. The molecule has 0 radical (unpaired) electrons. The van der Waals surface area contributed by atoms with Gasteiger partial charge in [0.1, 0.15) is 11.8 Å². The molecule has 1 N–H and O–H groups in total. The lowest BCUT2D eigenvalue weighted by molar-refractivity contribution is -0.139. The molecule has 1 atom stereocenters.